The third-order valence-electron chi connectivity index (χ3n) is 6.64. The van der Waals surface area contributed by atoms with Gasteiger partial charge in [-0.2, -0.15) is 4.39 Å². The molecule has 35 heavy (non-hydrogen) atoms. The summed E-state index contributed by atoms with van der Waals surface area (Å²) in [5.41, 5.74) is 1.13. The zero-order chi connectivity index (χ0) is 24.9. The Morgan fingerprint density at radius 2 is 1.51 bits per heavy atom. The molecular formula is C29H28F4O2. The van der Waals surface area contributed by atoms with E-state index in [0.29, 0.717) is 22.8 Å². The van der Waals surface area contributed by atoms with Gasteiger partial charge < -0.3 is 9.47 Å². The molecule has 2 nitrogen and oxygen atoms in total. The Bertz CT molecular complexity index is 1180. The molecule has 0 N–H and O–H groups in total. The van der Waals surface area contributed by atoms with Crippen LogP contribution in [-0.4, -0.2) is 6.61 Å². The topological polar surface area (TPSA) is 18.5 Å². The molecule has 1 aliphatic rings. The number of ether oxygens (including phenoxy) is 2. The van der Waals surface area contributed by atoms with Gasteiger partial charge in [0.2, 0.25) is 5.82 Å². The number of halogens is 4. The van der Waals surface area contributed by atoms with Crippen LogP contribution in [0, 0.1) is 29.2 Å². The van der Waals surface area contributed by atoms with E-state index < -0.39 is 23.3 Å². The zero-order valence-corrected chi connectivity index (χ0v) is 19.6. The van der Waals surface area contributed by atoms with Gasteiger partial charge in [0.25, 0.3) is 0 Å². The maximum absolute atomic E-state index is 15.0. The summed E-state index contributed by atoms with van der Waals surface area (Å²) in [6.45, 7) is 5.54. The summed E-state index contributed by atoms with van der Waals surface area (Å²) in [6, 6.07) is 12.4. The summed E-state index contributed by atoms with van der Waals surface area (Å²) < 4.78 is 68.8. The molecule has 4 rings (SSSR count). The van der Waals surface area contributed by atoms with E-state index >= 15 is 0 Å². The first-order valence-electron chi connectivity index (χ1n) is 11.9. The Morgan fingerprint density at radius 1 is 0.800 bits per heavy atom. The highest BCUT2D eigenvalue weighted by molar-refractivity contribution is 5.65. The molecule has 0 aliphatic heterocycles. The predicted octanol–water partition coefficient (Wildman–Crippen LogP) is 8.35. The van der Waals surface area contributed by atoms with Crippen LogP contribution in [0.5, 0.6) is 11.5 Å². The van der Waals surface area contributed by atoms with E-state index in [4.69, 9.17) is 9.47 Å². The van der Waals surface area contributed by atoms with Crippen molar-refractivity contribution in [3.63, 3.8) is 0 Å². The fourth-order valence-corrected chi connectivity index (χ4v) is 4.61. The maximum atomic E-state index is 15.0. The minimum absolute atomic E-state index is 0.0124. The van der Waals surface area contributed by atoms with Gasteiger partial charge in [0.05, 0.1) is 6.61 Å². The van der Waals surface area contributed by atoms with Gasteiger partial charge in [-0.05, 0) is 79.8 Å². The minimum Gasteiger partial charge on any atom is -0.491 e. The maximum Gasteiger partial charge on any atom is 0.201 e. The van der Waals surface area contributed by atoms with Crippen LogP contribution in [0.3, 0.4) is 0 Å². The molecule has 0 bridgehead atoms. The van der Waals surface area contributed by atoms with Crippen molar-refractivity contribution >= 4 is 0 Å². The largest absolute Gasteiger partial charge is 0.491 e. The van der Waals surface area contributed by atoms with Crippen LogP contribution in [0.1, 0.15) is 49.7 Å². The molecule has 1 aliphatic carbocycles. The Balaban J connectivity index is 1.45. The van der Waals surface area contributed by atoms with Gasteiger partial charge in [0, 0.05) is 11.1 Å². The van der Waals surface area contributed by atoms with Crippen molar-refractivity contribution in [1.82, 2.24) is 0 Å². The molecular weight excluding hydrogens is 456 g/mol. The molecule has 0 spiro atoms. The van der Waals surface area contributed by atoms with E-state index in [2.05, 4.69) is 6.58 Å². The van der Waals surface area contributed by atoms with E-state index in [1.165, 1.54) is 12.1 Å². The fourth-order valence-electron chi connectivity index (χ4n) is 4.61. The van der Waals surface area contributed by atoms with E-state index in [1.54, 1.807) is 43.3 Å². The van der Waals surface area contributed by atoms with Gasteiger partial charge in [-0.1, -0.05) is 30.3 Å². The molecule has 3 aromatic rings. The standard InChI is InChI=1S/C29H28F4O2/c1-3-18-5-7-19(8-6-18)23-14-15-24(28(32)27(23)31)20-9-12-22(13-10-20)35-17-21-11-16-25(34-4-2)29(33)26(21)30/h3,9-16,18-19H,1,4-8,17H2,2H3. The Hall–Kier alpha value is -3.28. The van der Waals surface area contributed by atoms with Gasteiger partial charge in [0.1, 0.15) is 12.4 Å². The highest BCUT2D eigenvalue weighted by Gasteiger charge is 2.25. The first-order valence-corrected chi connectivity index (χ1v) is 11.9. The van der Waals surface area contributed by atoms with Crippen LogP contribution >= 0.6 is 0 Å². The SMILES string of the molecule is C=CC1CCC(c2ccc(-c3ccc(OCc4ccc(OCC)c(F)c4F)cc3)c(F)c2F)CC1. The fraction of sp³-hybridized carbons (Fsp3) is 0.310. The molecule has 0 radical (unpaired) electrons. The zero-order valence-electron chi connectivity index (χ0n) is 19.6. The average Bonchev–Trinajstić information content (AvgIpc) is 2.88. The number of hydrogen-bond donors (Lipinski definition) is 0. The second kappa shape index (κ2) is 11.0. The highest BCUT2D eigenvalue weighted by Crippen LogP contribution is 2.39. The quantitative estimate of drug-likeness (QED) is 0.236. The van der Waals surface area contributed by atoms with Crippen molar-refractivity contribution in [2.75, 3.05) is 6.61 Å². The monoisotopic (exact) mass is 484 g/mol. The molecule has 3 aromatic carbocycles. The van der Waals surface area contributed by atoms with E-state index in [-0.39, 0.29) is 36.0 Å². The summed E-state index contributed by atoms with van der Waals surface area (Å²) >= 11 is 0. The summed E-state index contributed by atoms with van der Waals surface area (Å²) in [6.07, 6.45) is 5.45. The van der Waals surface area contributed by atoms with Crippen molar-refractivity contribution in [3.05, 3.63) is 95.6 Å². The first-order chi connectivity index (χ1) is 16.9. The Labute approximate surface area is 203 Å². The Kier molecular flexibility index (Phi) is 7.79. The molecule has 0 saturated heterocycles. The van der Waals surface area contributed by atoms with E-state index in [0.717, 1.165) is 25.7 Å². The van der Waals surface area contributed by atoms with Crippen molar-refractivity contribution in [2.45, 2.75) is 45.1 Å². The van der Waals surface area contributed by atoms with E-state index in [1.807, 2.05) is 6.08 Å². The van der Waals surface area contributed by atoms with Gasteiger partial charge in [-0.25, -0.2) is 13.2 Å². The third-order valence-corrected chi connectivity index (χ3v) is 6.64. The van der Waals surface area contributed by atoms with Crippen molar-refractivity contribution in [3.8, 4) is 22.6 Å². The lowest BCUT2D eigenvalue weighted by atomic mass is 9.78. The smallest absolute Gasteiger partial charge is 0.201 e. The molecule has 0 unspecified atom stereocenters. The average molecular weight is 485 g/mol. The molecule has 6 heteroatoms. The van der Waals surface area contributed by atoms with Crippen LogP contribution in [0.2, 0.25) is 0 Å². The molecule has 1 fully saturated rings. The molecule has 184 valence electrons. The van der Waals surface area contributed by atoms with Crippen LogP contribution in [0.4, 0.5) is 17.6 Å². The van der Waals surface area contributed by atoms with Gasteiger partial charge in [-0.3, -0.25) is 0 Å². The predicted molar refractivity (Wildman–Crippen MR) is 129 cm³/mol. The number of benzene rings is 3. The summed E-state index contributed by atoms with van der Waals surface area (Å²) in [5, 5.41) is 0. The molecule has 0 heterocycles. The van der Waals surface area contributed by atoms with Crippen molar-refractivity contribution in [1.29, 1.82) is 0 Å². The lowest BCUT2D eigenvalue weighted by Crippen LogP contribution is -2.13. The Morgan fingerprint density at radius 3 is 2.17 bits per heavy atom. The molecule has 0 aromatic heterocycles. The second-order valence-electron chi connectivity index (χ2n) is 8.77. The number of rotatable bonds is 8. The van der Waals surface area contributed by atoms with E-state index in [9.17, 15) is 17.6 Å². The van der Waals surface area contributed by atoms with Crippen LogP contribution in [0.25, 0.3) is 11.1 Å². The van der Waals surface area contributed by atoms with Crippen LogP contribution in [-0.2, 0) is 6.61 Å². The van der Waals surface area contributed by atoms with Crippen molar-refractivity contribution in [2.24, 2.45) is 5.92 Å². The summed E-state index contributed by atoms with van der Waals surface area (Å²) in [4.78, 5) is 0. The normalized spacial score (nSPS) is 17.7. The molecule has 1 saturated carbocycles. The van der Waals surface area contributed by atoms with Crippen LogP contribution < -0.4 is 9.47 Å². The second-order valence-corrected chi connectivity index (χ2v) is 8.77. The number of allylic oxidation sites excluding steroid dienone is 1. The van der Waals surface area contributed by atoms with Gasteiger partial charge in [-0.15, -0.1) is 6.58 Å². The molecule has 0 atom stereocenters. The number of hydrogen-bond acceptors (Lipinski definition) is 2. The summed E-state index contributed by atoms with van der Waals surface area (Å²) in [5.74, 6) is -3.04. The molecule has 0 amide bonds. The van der Waals surface area contributed by atoms with Gasteiger partial charge >= 0.3 is 0 Å². The lowest BCUT2D eigenvalue weighted by Gasteiger charge is -2.27. The lowest BCUT2D eigenvalue weighted by molar-refractivity contribution is 0.289. The van der Waals surface area contributed by atoms with Crippen LogP contribution in [0.15, 0.2) is 61.2 Å². The van der Waals surface area contributed by atoms with Crippen molar-refractivity contribution < 1.29 is 27.0 Å². The summed E-state index contributed by atoms with van der Waals surface area (Å²) in [7, 11) is 0. The third kappa shape index (κ3) is 5.37. The first kappa shape index (κ1) is 24.8. The van der Waals surface area contributed by atoms with Gasteiger partial charge in [0.15, 0.2) is 23.2 Å². The highest BCUT2D eigenvalue weighted by atomic mass is 19.2. The minimum atomic E-state index is -1.06.